The molecule has 1 fully saturated rings. The van der Waals surface area contributed by atoms with Crippen molar-refractivity contribution in [3.8, 4) is 5.75 Å². The molecule has 1 aliphatic heterocycles. The minimum Gasteiger partial charge on any atom is -0.489 e. The number of ether oxygens (including phenoxy) is 1. The molecule has 2 unspecified atom stereocenters. The van der Waals surface area contributed by atoms with E-state index in [0.717, 1.165) is 19.5 Å². The molecule has 1 saturated heterocycles. The van der Waals surface area contributed by atoms with E-state index in [4.69, 9.17) is 4.74 Å². The van der Waals surface area contributed by atoms with E-state index in [1.54, 1.807) is 24.3 Å². The fourth-order valence-corrected chi connectivity index (χ4v) is 3.10. The number of sulfonamides is 1. The lowest BCUT2D eigenvalue weighted by Gasteiger charge is -2.30. The molecule has 1 heterocycles. The lowest BCUT2D eigenvalue weighted by Crippen LogP contribution is -2.42. The minimum atomic E-state index is -3.37. The van der Waals surface area contributed by atoms with Gasteiger partial charge in [0.15, 0.2) is 0 Å². The zero-order chi connectivity index (χ0) is 14.8. The zero-order valence-electron chi connectivity index (χ0n) is 12.2. The summed E-state index contributed by atoms with van der Waals surface area (Å²) in [7, 11) is -0.326. The van der Waals surface area contributed by atoms with Crippen LogP contribution in [0, 0.1) is 5.92 Å². The van der Waals surface area contributed by atoms with Crippen molar-refractivity contribution in [3.63, 3.8) is 0 Å². The molecule has 0 aliphatic carbocycles. The van der Waals surface area contributed by atoms with Gasteiger partial charge in [-0.2, -0.15) is 0 Å². The molecule has 0 radical (unpaired) electrons. The van der Waals surface area contributed by atoms with Gasteiger partial charge < -0.3 is 10.1 Å². The molecule has 0 aromatic heterocycles. The molecule has 1 aliphatic rings. The third kappa shape index (κ3) is 3.31. The molecule has 112 valence electrons. The van der Waals surface area contributed by atoms with Crippen LogP contribution >= 0.6 is 0 Å². The van der Waals surface area contributed by atoms with Crippen molar-refractivity contribution in [2.24, 2.45) is 5.92 Å². The lowest BCUT2D eigenvalue weighted by atomic mass is 9.97. The molecule has 0 saturated carbocycles. The molecule has 2 rings (SSSR count). The van der Waals surface area contributed by atoms with Crippen LogP contribution in [-0.4, -0.2) is 46.0 Å². The Bertz CT molecular complexity index is 540. The summed E-state index contributed by atoms with van der Waals surface area (Å²) in [5.41, 5.74) is 0. The van der Waals surface area contributed by atoms with E-state index < -0.39 is 10.0 Å². The monoisotopic (exact) mass is 298 g/mol. The highest BCUT2D eigenvalue weighted by Gasteiger charge is 2.23. The summed E-state index contributed by atoms with van der Waals surface area (Å²) in [6, 6.07) is 6.62. The predicted molar refractivity (Wildman–Crippen MR) is 78.4 cm³/mol. The Morgan fingerprint density at radius 3 is 2.45 bits per heavy atom. The second-order valence-electron chi connectivity index (χ2n) is 5.39. The molecule has 0 bridgehead atoms. The molecule has 6 heteroatoms. The summed E-state index contributed by atoms with van der Waals surface area (Å²) >= 11 is 0. The quantitative estimate of drug-likeness (QED) is 0.910. The Morgan fingerprint density at radius 1 is 1.25 bits per heavy atom. The van der Waals surface area contributed by atoms with E-state index in [-0.39, 0.29) is 11.0 Å². The van der Waals surface area contributed by atoms with Crippen molar-refractivity contribution in [2.75, 3.05) is 27.2 Å². The van der Waals surface area contributed by atoms with Gasteiger partial charge in [0, 0.05) is 20.6 Å². The van der Waals surface area contributed by atoms with Crippen molar-refractivity contribution in [3.05, 3.63) is 24.3 Å². The van der Waals surface area contributed by atoms with Crippen molar-refractivity contribution in [2.45, 2.75) is 24.3 Å². The zero-order valence-corrected chi connectivity index (χ0v) is 13.0. The average molecular weight is 298 g/mol. The smallest absolute Gasteiger partial charge is 0.242 e. The molecule has 0 amide bonds. The summed E-state index contributed by atoms with van der Waals surface area (Å²) in [4.78, 5) is 0.282. The normalized spacial score (nSPS) is 23.8. The van der Waals surface area contributed by atoms with Gasteiger partial charge in [0.25, 0.3) is 0 Å². The van der Waals surface area contributed by atoms with Crippen LogP contribution in [0.25, 0.3) is 0 Å². The number of piperidine rings is 1. The fourth-order valence-electron chi connectivity index (χ4n) is 2.19. The van der Waals surface area contributed by atoms with E-state index >= 15 is 0 Å². The molecule has 1 N–H and O–H groups in total. The Labute approximate surface area is 121 Å². The summed E-state index contributed by atoms with van der Waals surface area (Å²) in [6.07, 6.45) is 1.23. The summed E-state index contributed by atoms with van der Waals surface area (Å²) in [5, 5.41) is 3.31. The van der Waals surface area contributed by atoms with Crippen LogP contribution in [0.5, 0.6) is 5.75 Å². The van der Waals surface area contributed by atoms with Crippen LogP contribution in [0.4, 0.5) is 0 Å². The molecular weight excluding hydrogens is 276 g/mol. The highest BCUT2D eigenvalue weighted by molar-refractivity contribution is 7.89. The van der Waals surface area contributed by atoms with Gasteiger partial charge in [-0.25, -0.2) is 12.7 Å². The van der Waals surface area contributed by atoms with Crippen molar-refractivity contribution in [1.29, 1.82) is 0 Å². The highest BCUT2D eigenvalue weighted by Crippen LogP contribution is 2.22. The van der Waals surface area contributed by atoms with Gasteiger partial charge in [-0.3, -0.25) is 0 Å². The molecule has 2 atom stereocenters. The largest absolute Gasteiger partial charge is 0.489 e. The fraction of sp³-hybridized carbons (Fsp3) is 0.571. The van der Waals surface area contributed by atoms with E-state index in [1.807, 2.05) is 0 Å². The summed E-state index contributed by atoms with van der Waals surface area (Å²) in [5.74, 6) is 1.21. The minimum absolute atomic E-state index is 0.139. The summed E-state index contributed by atoms with van der Waals surface area (Å²) < 4.78 is 31.0. The first kappa shape index (κ1) is 15.3. The first-order chi connectivity index (χ1) is 9.41. The van der Waals surface area contributed by atoms with Crippen molar-refractivity contribution in [1.82, 2.24) is 9.62 Å². The van der Waals surface area contributed by atoms with Gasteiger partial charge in [0.2, 0.25) is 10.0 Å². The number of nitrogens with zero attached hydrogens (tertiary/aromatic N) is 1. The number of hydrogen-bond donors (Lipinski definition) is 1. The molecule has 1 aromatic carbocycles. The van der Waals surface area contributed by atoms with Crippen LogP contribution in [0.15, 0.2) is 29.2 Å². The average Bonchev–Trinajstić information content (AvgIpc) is 2.42. The second kappa shape index (κ2) is 6.11. The third-order valence-electron chi connectivity index (χ3n) is 3.65. The Kier molecular flexibility index (Phi) is 4.67. The molecule has 5 nitrogen and oxygen atoms in total. The van der Waals surface area contributed by atoms with E-state index in [0.29, 0.717) is 11.7 Å². The number of benzene rings is 1. The van der Waals surface area contributed by atoms with Gasteiger partial charge in [0.05, 0.1) is 4.90 Å². The van der Waals surface area contributed by atoms with Gasteiger partial charge in [-0.15, -0.1) is 0 Å². The second-order valence-corrected chi connectivity index (χ2v) is 7.54. The number of rotatable bonds is 4. The van der Waals surface area contributed by atoms with Gasteiger partial charge in [0.1, 0.15) is 11.9 Å². The molecule has 0 spiro atoms. The first-order valence-corrected chi connectivity index (χ1v) is 8.25. The van der Waals surface area contributed by atoms with Crippen molar-refractivity contribution < 1.29 is 13.2 Å². The van der Waals surface area contributed by atoms with Gasteiger partial charge in [-0.05, 0) is 43.1 Å². The van der Waals surface area contributed by atoms with Crippen molar-refractivity contribution >= 4 is 10.0 Å². The van der Waals surface area contributed by atoms with Crippen LogP contribution in [0.2, 0.25) is 0 Å². The Balaban J connectivity index is 2.09. The SMILES string of the molecule is CC1CCNCC1Oc1ccc(S(=O)(=O)N(C)C)cc1. The lowest BCUT2D eigenvalue weighted by molar-refractivity contribution is 0.115. The predicted octanol–water partition coefficient (Wildman–Crippen LogP) is 1.31. The molecule has 1 aromatic rings. The first-order valence-electron chi connectivity index (χ1n) is 6.81. The Morgan fingerprint density at radius 2 is 1.90 bits per heavy atom. The maximum absolute atomic E-state index is 12.0. The van der Waals surface area contributed by atoms with E-state index in [2.05, 4.69) is 12.2 Å². The number of nitrogens with one attached hydrogen (secondary N) is 1. The van der Waals surface area contributed by atoms with Crippen LogP contribution in [-0.2, 0) is 10.0 Å². The standard InChI is InChI=1S/C14H22N2O3S/c1-11-8-9-15-10-14(11)19-12-4-6-13(7-5-12)20(17,18)16(2)3/h4-7,11,14-15H,8-10H2,1-3H3. The molecule has 20 heavy (non-hydrogen) atoms. The van der Waals surface area contributed by atoms with Gasteiger partial charge >= 0.3 is 0 Å². The third-order valence-corrected chi connectivity index (χ3v) is 5.48. The van der Waals surface area contributed by atoms with Crippen LogP contribution in [0.3, 0.4) is 0 Å². The van der Waals surface area contributed by atoms with Crippen LogP contribution < -0.4 is 10.1 Å². The topological polar surface area (TPSA) is 58.6 Å². The summed E-state index contributed by atoms with van der Waals surface area (Å²) in [6.45, 7) is 4.04. The number of hydrogen-bond acceptors (Lipinski definition) is 4. The Hall–Kier alpha value is -1.11. The maximum Gasteiger partial charge on any atom is 0.242 e. The molecular formula is C14H22N2O3S. The highest BCUT2D eigenvalue weighted by atomic mass is 32.2. The van der Waals surface area contributed by atoms with Gasteiger partial charge in [-0.1, -0.05) is 6.92 Å². The maximum atomic E-state index is 12.0. The van der Waals surface area contributed by atoms with E-state index in [1.165, 1.54) is 18.4 Å². The van der Waals surface area contributed by atoms with Crippen LogP contribution in [0.1, 0.15) is 13.3 Å². The van der Waals surface area contributed by atoms with E-state index in [9.17, 15) is 8.42 Å².